The van der Waals surface area contributed by atoms with Crippen LogP contribution in [-0.2, 0) is 32.6 Å². The molecule has 3 aromatic carbocycles. The van der Waals surface area contributed by atoms with E-state index in [1.165, 1.54) is 23.1 Å². The third kappa shape index (κ3) is 9.25. The van der Waals surface area contributed by atoms with Crippen molar-refractivity contribution in [2.24, 2.45) is 0 Å². The highest BCUT2D eigenvalue weighted by molar-refractivity contribution is 7.92. The second kappa shape index (κ2) is 14.6. The van der Waals surface area contributed by atoms with Gasteiger partial charge in [0.05, 0.1) is 17.0 Å². The van der Waals surface area contributed by atoms with Crippen LogP contribution < -0.4 is 9.62 Å². The van der Waals surface area contributed by atoms with Gasteiger partial charge in [0.25, 0.3) is 0 Å². The third-order valence-corrected chi connectivity index (χ3v) is 8.74. The summed E-state index contributed by atoms with van der Waals surface area (Å²) in [6, 6.07) is 17.3. The lowest BCUT2D eigenvalue weighted by molar-refractivity contribution is -0.140. The highest BCUT2D eigenvalue weighted by atomic mass is 35.5. The molecule has 0 bridgehead atoms. The van der Waals surface area contributed by atoms with Crippen molar-refractivity contribution in [1.29, 1.82) is 0 Å². The van der Waals surface area contributed by atoms with Crippen molar-refractivity contribution in [1.82, 2.24) is 10.2 Å². The molecule has 0 spiro atoms. The van der Waals surface area contributed by atoms with Gasteiger partial charge < -0.3 is 10.2 Å². The number of rotatable bonds is 12. The Kier molecular flexibility index (Phi) is 11.8. The Morgan fingerprint density at radius 2 is 1.51 bits per heavy atom. The fraction of sp³-hybridized carbons (Fsp3) is 0.310. The van der Waals surface area contributed by atoms with Gasteiger partial charge in [-0.25, -0.2) is 8.42 Å². The standard InChI is InChI=1S/C29H31Cl4N3O4S/c1-4-19(2)34-29(38)27(14-20-8-6-5-7-9-20)35(17-21-10-11-22(30)15-24(21)32)28(37)18-36(41(3,39)40)26-13-12-23(31)16-25(26)33/h5-13,15-16,19,27H,4,14,17-18H2,1-3H3,(H,34,38). The molecule has 0 saturated heterocycles. The normalized spacial score (nSPS) is 12.9. The molecule has 0 aliphatic heterocycles. The summed E-state index contributed by atoms with van der Waals surface area (Å²) in [4.78, 5) is 29.2. The van der Waals surface area contributed by atoms with E-state index in [4.69, 9.17) is 46.4 Å². The minimum Gasteiger partial charge on any atom is -0.352 e. The summed E-state index contributed by atoms with van der Waals surface area (Å²) in [5.41, 5.74) is 1.44. The summed E-state index contributed by atoms with van der Waals surface area (Å²) in [6.07, 6.45) is 1.83. The van der Waals surface area contributed by atoms with Gasteiger partial charge in [-0.2, -0.15) is 0 Å². The number of anilines is 1. The summed E-state index contributed by atoms with van der Waals surface area (Å²) in [7, 11) is -3.98. The van der Waals surface area contributed by atoms with E-state index < -0.39 is 28.5 Å². The number of nitrogens with zero attached hydrogens (tertiary/aromatic N) is 2. The first-order valence-electron chi connectivity index (χ1n) is 12.8. The summed E-state index contributed by atoms with van der Waals surface area (Å²) >= 11 is 24.9. The second-order valence-electron chi connectivity index (χ2n) is 9.65. The predicted octanol–water partition coefficient (Wildman–Crippen LogP) is 6.62. The summed E-state index contributed by atoms with van der Waals surface area (Å²) < 4.78 is 26.7. The molecule has 0 saturated carbocycles. The maximum atomic E-state index is 14.1. The van der Waals surface area contributed by atoms with Gasteiger partial charge in [0.15, 0.2) is 0 Å². The van der Waals surface area contributed by atoms with Gasteiger partial charge in [-0.3, -0.25) is 13.9 Å². The van der Waals surface area contributed by atoms with Crippen LogP contribution in [0.5, 0.6) is 0 Å². The van der Waals surface area contributed by atoms with Gasteiger partial charge in [0.1, 0.15) is 12.6 Å². The summed E-state index contributed by atoms with van der Waals surface area (Å²) in [5.74, 6) is -1.01. The molecule has 41 heavy (non-hydrogen) atoms. The second-order valence-corrected chi connectivity index (χ2v) is 13.2. The molecular weight excluding hydrogens is 628 g/mol. The molecule has 220 valence electrons. The molecule has 1 N–H and O–H groups in total. The van der Waals surface area contributed by atoms with Crippen LogP contribution in [0.25, 0.3) is 0 Å². The van der Waals surface area contributed by atoms with Gasteiger partial charge in [-0.15, -0.1) is 0 Å². The molecule has 3 aromatic rings. The molecule has 0 radical (unpaired) electrons. The Morgan fingerprint density at radius 3 is 2.07 bits per heavy atom. The maximum Gasteiger partial charge on any atom is 0.244 e. The van der Waals surface area contributed by atoms with Crippen molar-refractivity contribution < 1.29 is 18.0 Å². The molecule has 3 rings (SSSR count). The smallest absolute Gasteiger partial charge is 0.244 e. The lowest BCUT2D eigenvalue weighted by Gasteiger charge is -2.34. The van der Waals surface area contributed by atoms with E-state index in [9.17, 15) is 18.0 Å². The number of sulfonamides is 1. The van der Waals surface area contributed by atoms with Crippen LogP contribution in [0.1, 0.15) is 31.4 Å². The number of benzene rings is 3. The van der Waals surface area contributed by atoms with E-state index in [1.807, 2.05) is 44.2 Å². The molecule has 0 fully saturated rings. The summed E-state index contributed by atoms with van der Waals surface area (Å²) in [5, 5.41) is 4.04. The first-order valence-corrected chi connectivity index (χ1v) is 16.2. The predicted molar refractivity (Wildman–Crippen MR) is 167 cm³/mol. The van der Waals surface area contributed by atoms with E-state index in [1.54, 1.807) is 18.2 Å². The van der Waals surface area contributed by atoms with E-state index in [0.717, 1.165) is 16.1 Å². The molecule has 2 atom stereocenters. The number of amides is 2. The Labute approximate surface area is 261 Å². The van der Waals surface area contributed by atoms with E-state index in [0.29, 0.717) is 27.1 Å². The van der Waals surface area contributed by atoms with E-state index in [2.05, 4.69) is 5.32 Å². The fourth-order valence-corrected chi connectivity index (χ4v) is 6.00. The van der Waals surface area contributed by atoms with Crippen molar-refractivity contribution in [3.05, 3.63) is 97.9 Å². The molecular formula is C29H31Cl4N3O4S. The Hall–Kier alpha value is -2.49. The molecule has 2 unspecified atom stereocenters. The third-order valence-electron chi connectivity index (χ3n) is 6.49. The number of nitrogens with one attached hydrogen (secondary N) is 1. The number of carbonyl (C=O) groups is 2. The minimum atomic E-state index is -3.98. The van der Waals surface area contributed by atoms with Gasteiger partial charge in [-0.05, 0) is 54.8 Å². The highest BCUT2D eigenvalue weighted by Gasteiger charge is 2.34. The maximum absolute atomic E-state index is 14.1. The number of halogens is 4. The van der Waals surface area contributed by atoms with Crippen molar-refractivity contribution in [3.63, 3.8) is 0 Å². The Bertz CT molecular complexity index is 1490. The first kappa shape index (κ1) is 33.0. The number of hydrogen-bond acceptors (Lipinski definition) is 4. The lowest BCUT2D eigenvalue weighted by atomic mass is 10.0. The van der Waals surface area contributed by atoms with Crippen LogP contribution in [0.15, 0.2) is 66.7 Å². The van der Waals surface area contributed by atoms with Crippen molar-refractivity contribution in [2.75, 3.05) is 17.1 Å². The van der Waals surface area contributed by atoms with Gasteiger partial charge in [-0.1, -0.05) is 89.7 Å². The highest BCUT2D eigenvalue weighted by Crippen LogP contribution is 2.31. The molecule has 2 amide bonds. The number of carbonyl (C=O) groups excluding carboxylic acids is 2. The zero-order valence-electron chi connectivity index (χ0n) is 22.8. The van der Waals surface area contributed by atoms with Crippen LogP contribution in [0.4, 0.5) is 5.69 Å². The average molecular weight is 659 g/mol. The van der Waals surface area contributed by atoms with Crippen LogP contribution in [0.3, 0.4) is 0 Å². The van der Waals surface area contributed by atoms with Crippen LogP contribution in [0, 0.1) is 0 Å². The Balaban J connectivity index is 2.11. The van der Waals surface area contributed by atoms with E-state index in [-0.39, 0.29) is 35.6 Å². The molecule has 12 heteroatoms. The molecule has 0 heterocycles. The lowest BCUT2D eigenvalue weighted by Crippen LogP contribution is -2.54. The van der Waals surface area contributed by atoms with Crippen molar-refractivity contribution in [3.8, 4) is 0 Å². The molecule has 7 nitrogen and oxygen atoms in total. The molecule has 0 aromatic heterocycles. The molecule has 0 aliphatic carbocycles. The van der Waals surface area contributed by atoms with Crippen LogP contribution in [-0.4, -0.2) is 50.0 Å². The fourth-order valence-electron chi connectivity index (χ4n) is 4.11. The van der Waals surface area contributed by atoms with Gasteiger partial charge >= 0.3 is 0 Å². The average Bonchev–Trinajstić information content (AvgIpc) is 2.90. The SMILES string of the molecule is CCC(C)NC(=O)C(Cc1ccccc1)N(Cc1ccc(Cl)cc1Cl)C(=O)CN(c1ccc(Cl)cc1Cl)S(C)(=O)=O. The zero-order valence-corrected chi connectivity index (χ0v) is 26.6. The van der Waals surface area contributed by atoms with Crippen molar-refractivity contribution >= 4 is 73.9 Å². The minimum absolute atomic E-state index is 0.0540. The van der Waals surface area contributed by atoms with Crippen LogP contribution >= 0.6 is 46.4 Å². The van der Waals surface area contributed by atoms with Gasteiger partial charge in [0, 0.05) is 34.1 Å². The Morgan fingerprint density at radius 1 is 0.902 bits per heavy atom. The topological polar surface area (TPSA) is 86.8 Å². The van der Waals surface area contributed by atoms with Gasteiger partial charge in [0.2, 0.25) is 21.8 Å². The summed E-state index contributed by atoms with van der Waals surface area (Å²) in [6.45, 7) is 3.11. The molecule has 0 aliphatic rings. The van der Waals surface area contributed by atoms with Crippen LogP contribution in [0.2, 0.25) is 20.1 Å². The number of hydrogen-bond donors (Lipinski definition) is 1. The zero-order chi connectivity index (χ0) is 30.3. The van der Waals surface area contributed by atoms with Crippen molar-refractivity contribution in [2.45, 2.75) is 45.3 Å². The van der Waals surface area contributed by atoms with E-state index >= 15 is 0 Å². The first-order chi connectivity index (χ1) is 19.3. The quantitative estimate of drug-likeness (QED) is 0.237. The largest absolute Gasteiger partial charge is 0.352 e. The monoisotopic (exact) mass is 657 g/mol.